The summed E-state index contributed by atoms with van der Waals surface area (Å²) in [4.78, 5) is -0.267. The molecule has 0 spiro atoms. The van der Waals surface area contributed by atoms with Gasteiger partial charge in [-0.15, -0.1) is 0 Å². The summed E-state index contributed by atoms with van der Waals surface area (Å²) in [5.74, 6) is -0.137. The first kappa shape index (κ1) is 22.9. The molecule has 0 bridgehead atoms. The van der Waals surface area contributed by atoms with Crippen molar-refractivity contribution in [2.45, 2.75) is 47.8 Å². The Kier molecular flexibility index (Phi) is 6.96. The Balaban J connectivity index is 1.87. The average Bonchev–Trinajstić information content (AvgIpc) is 2.68. The van der Waals surface area contributed by atoms with Crippen LogP contribution in [0.2, 0.25) is 0 Å². The van der Waals surface area contributed by atoms with E-state index in [4.69, 9.17) is 4.74 Å². The van der Waals surface area contributed by atoms with Gasteiger partial charge in [-0.3, -0.25) is 0 Å². The first-order chi connectivity index (χ1) is 14.1. The minimum absolute atomic E-state index is 0.0687. The van der Waals surface area contributed by atoms with E-state index in [9.17, 15) is 21.2 Å². The van der Waals surface area contributed by atoms with Gasteiger partial charge in [0.25, 0.3) is 0 Å². The van der Waals surface area contributed by atoms with Gasteiger partial charge in [-0.25, -0.2) is 25.9 Å². The van der Waals surface area contributed by atoms with Crippen molar-refractivity contribution in [3.63, 3.8) is 0 Å². The monoisotopic (exact) mass is 455 g/mol. The normalized spacial score (nSPS) is 16.0. The molecule has 2 aromatic carbocycles. The molecule has 1 aliphatic rings. The number of aryl methyl sites for hydroxylation is 2. The highest BCUT2D eigenvalue weighted by Crippen LogP contribution is 2.29. The molecule has 0 radical (unpaired) electrons. The predicted molar refractivity (Wildman–Crippen MR) is 111 cm³/mol. The van der Waals surface area contributed by atoms with Gasteiger partial charge in [0.2, 0.25) is 19.9 Å². The third-order valence-corrected chi connectivity index (χ3v) is 8.88. The van der Waals surface area contributed by atoms with E-state index in [0.717, 1.165) is 25.0 Å². The van der Waals surface area contributed by atoms with Crippen molar-refractivity contribution in [3.05, 3.63) is 53.3 Å². The molecule has 30 heavy (non-hydrogen) atoms. The number of hydrogen-bond donors (Lipinski definition) is 1. The number of sulfonamides is 1. The van der Waals surface area contributed by atoms with Crippen LogP contribution in [0.5, 0.6) is 0 Å². The Hall–Kier alpha value is -1.81. The largest absolute Gasteiger partial charge is 0.381 e. The van der Waals surface area contributed by atoms with E-state index >= 15 is 0 Å². The molecule has 0 aliphatic carbocycles. The molecule has 0 atom stereocenters. The maximum Gasteiger partial charge on any atom is 0.240 e. The number of sulfone groups is 1. The van der Waals surface area contributed by atoms with Gasteiger partial charge in [0.05, 0.1) is 14.7 Å². The minimum atomic E-state index is -4.00. The predicted octanol–water partition coefficient (Wildman–Crippen LogP) is 3.37. The van der Waals surface area contributed by atoms with E-state index in [1.807, 2.05) is 0 Å². The zero-order valence-electron chi connectivity index (χ0n) is 17.0. The number of hydrogen-bond acceptors (Lipinski definition) is 5. The SMILES string of the molecule is Cc1cc(C)c(S(=O)(=O)c2ccc(F)cc2)cc1S(=O)(=O)NCCC1CCOCC1. The molecule has 6 nitrogen and oxygen atoms in total. The highest BCUT2D eigenvalue weighted by atomic mass is 32.2. The fourth-order valence-corrected chi connectivity index (χ4v) is 6.52. The highest BCUT2D eigenvalue weighted by Gasteiger charge is 2.26. The van der Waals surface area contributed by atoms with Crippen LogP contribution >= 0.6 is 0 Å². The average molecular weight is 456 g/mol. The summed E-state index contributed by atoms with van der Waals surface area (Å²) in [6.45, 7) is 4.91. The van der Waals surface area contributed by atoms with Gasteiger partial charge in [-0.05, 0) is 80.5 Å². The third kappa shape index (κ3) is 5.08. The van der Waals surface area contributed by atoms with Crippen LogP contribution in [0.1, 0.15) is 30.4 Å². The lowest BCUT2D eigenvalue weighted by atomic mass is 9.97. The molecule has 1 saturated heterocycles. The molecular formula is C21H26FNO5S2. The van der Waals surface area contributed by atoms with Crippen molar-refractivity contribution in [2.24, 2.45) is 5.92 Å². The van der Waals surface area contributed by atoms with Crippen LogP contribution in [0.15, 0.2) is 51.1 Å². The van der Waals surface area contributed by atoms with Crippen LogP contribution < -0.4 is 4.72 Å². The van der Waals surface area contributed by atoms with Gasteiger partial charge in [0.1, 0.15) is 5.82 Å². The van der Waals surface area contributed by atoms with Gasteiger partial charge in [-0.1, -0.05) is 6.07 Å². The van der Waals surface area contributed by atoms with E-state index in [1.54, 1.807) is 19.9 Å². The van der Waals surface area contributed by atoms with Gasteiger partial charge < -0.3 is 4.74 Å². The Bertz CT molecular complexity index is 1110. The lowest BCUT2D eigenvalue weighted by Crippen LogP contribution is -2.28. The van der Waals surface area contributed by atoms with E-state index in [-0.39, 0.29) is 21.2 Å². The summed E-state index contributed by atoms with van der Waals surface area (Å²) in [5.41, 5.74) is 0.891. The second kappa shape index (κ2) is 9.13. The topological polar surface area (TPSA) is 89.5 Å². The molecular weight excluding hydrogens is 429 g/mol. The lowest BCUT2D eigenvalue weighted by Gasteiger charge is -2.22. The fraction of sp³-hybridized carbons (Fsp3) is 0.429. The molecule has 9 heteroatoms. The summed E-state index contributed by atoms with van der Waals surface area (Å²) in [6, 6.07) is 7.20. The summed E-state index contributed by atoms with van der Waals surface area (Å²) in [6.07, 6.45) is 2.52. The molecule has 1 aliphatic heterocycles. The van der Waals surface area contributed by atoms with Crippen molar-refractivity contribution in [3.8, 4) is 0 Å². The van der Waals surface area contributed by atoms with E-state index in [2.05, 4.69) is 4.72 Å². The number of nitrogens with one attached hydrogen (secondary N) is 1. The number of rotatable bonds is 7. The number of ether oxygens (including phenoxy) is 1. The Labute approximate surface area is 177 Å². The summed E-state index contributed by atoms with van der Waals surface area (Å²) in [5, 5.41) is 0. The van der Waals surface area contributed by atoms with Gasteiger partial charge >= 0.3 is 0 Å². The van der Waals surface area contributed by atoms with Crippen molar-refractivity contribution < 1.29 is 26.0 Å². The molecule has 2 aromatic rings. The summed E-state index contributed by atoms with van der Waals surface area (Å²) in [7, 11) is -7.88. The molecule has 164 valence electrons. The fourth-order valence-electron chi connectivity index (χ4n) is 3.64. The van der Waals surface area contributed by atoms with Gasteiger partial charge in [0.15, 0.2) is 0 Å². The van der Waals surface area contributed by atoms with Crippen LogP contribution in [0, 0.1) is 25.6 Å². The second-order valence-electron chi connectivity index (χ2n) is 7.58. The highest BCUT2D eigenvalue weighted by molar-refractivity contribution is 7.91. The molecule has 0 saturated carbocycles. The van der Waals surface area contributed by atoms with E-state index in [1.165, 1.54) is 18.2 Å². The molecule has 0 amide bonds. The van der Waals surface area contributed by atoms with Crippen molar-refractivity contribution in [1.82, 2.24) is 4.72 Å². The molecule has 1 heterocycles. The maximum absolute atomic E-state index is 13.2. The molecule has 3 rings (SSSR count). The summed E-state index contributed by atoms with van der Waals surface area (Å²) < 4.78 is 72.9. The Morgan fingerprint density at radius 3 is 2.20 bits per heavy atom. The smallest absolute Gasteiger partial charge is 0.240 e. The van der Waals surface area contributed by atoms with Crippen LogP contribution in [-0.2, 0) is 24.6 Å². The standard InChI is InChI=1S/C21H26FNO5S2/c1-15-13-16(2)21(30(26,27)23-10-7-17-8-11-28-12-9-17)14-20(15)29(24,25)19-5-3-18(22)4-6-19/h3-6,13-14,17,23H,7-12H2,1-2H3. The number of halogens is 1. The van der Waals surface area contributed by atoms with Crippen molar-refractivity contribution in [2.75, 3.05) is 19.8 Å². The molecule has 0 unspecified atom stereocenters. The zero-order chi connectivity index (χ0) is 21.9. The van der Waals surface area contributed by atoms with Crippen LogP contribution in [0.4, 0.5) is 4.39 Å². The lowest BCUT2D eigenvalue weighted by molar-refractivity contribution is 0.0644. The maximum atomic E-state index is 13.2. The first-order valence-electron chi connectivity index (χ1n) is 9.80. The van der Waals surface area contributed by atoms with Gasteiger partial charge in [-0.2, -0.15) is 0 Å². The Morgan fingerprint density at radius 1 is 0.967 bits per heavy atom. The molecule has 1 fully saturated rings. The summed E-state index contributed by atoms with van der Waals surface area (Å²) >= 11 is 0. The van der Waals surface area contributed by atoms with Crippen LogP contribution in [-0.4, -0.2) is 36.6 Å². The third-order valence-electron chi connectivity index (χ3n) is 5.36. The van der Waals surface area contributed by atoms with Crippen molar-refractivity contribution >= 4 is 19.9 Å². The molecule has 1 N–H and O–H groups in total. The van der Waals surface area contributed by atoms with Crippen LogP contribution in [0.25, 0.3) is 0 Å². The second-order valence-corrected chi connectivity index (χ2v) is 11.2. The van der Waals surface area contributed by atoms with E-state index < -0.39 is 25.7 Å². The quantitative estimate of drug-likeness (QED) is 0.647. The Morgan fingerprint density at radius 2 is 1.57 bits per heavy atom. The molecule has 0 aromatic heterocycles. The minimum Gasteiger partial charge on any atom is -0.381 e. The zero-order valence-corrected chi connectivity index (χ0v) is 18.7. The van der Waals surface area contributed by atoms with Gasteiger partial charge in [0, 0.05) is 19.8 Å². The van der Waals surface area contributed by atoms with Crippen molar-refractivity contribution in [1.29, 1.82) is 0 Å². The van der Waals surface area contributed by atoms with Crippen LogP contribution in [0.3, 0.4) is 0 Å². The first-order valence-corrected chi connectivity index (χ1v) is 12.8. The number of benzene rings is 2. The van der Waals surface area contributed by atoms with E-state index in [0.29, 0.717) is 36.7 Å².